The van der Waals surface area contributed by atoms with Crippen LogP contribution in [-0.4, -0.2) is 33.1 Å². The van der Waals surface area contributed by atoms with Crippen LogP contribution in [0.5, 0.6) is 0 Å². The van der Waals surface area contributed by atoms with Crippen LogP contribution in [0.1, 0.15) is 42.5 Å². The average molecular weight is 342 g/mol. The topological polar surface area (TPSA) is 79.2 Å². The Balaban J connectivity index is 1.69. The van der Waals surface area contributed by atoms with E-state index in [0.717, 1.165) is 48.2 Å². The van der Waals surface area contributed by atoms with Crippen LogP contribution in [0, 0.1) is 20.8 Å². The second kappa shape index (κ2) is 6.88. The Morgan fingerprint density at radius 2 is 2.00 bits per heavy atom. The number of nitrogens with one attached hydrogen (secondary N) is 2. The fourth-order valence-electron chi connectivity index (χ4n) is 3.34. The third-order valence-electron chi connectivity index (χ3n) is 4.96. The molecule has 134 valence electrons. The molecule has 1 aromatic heterocycles. The Morgan fingerprint density at radius 3 is 2.72 bits per heavy atom. The van der Waals surface area contributed by atoms with E-state index in [1.54, 1.807) is 6.20 Å². The minimum Gasteiger partial charge on any atom is -0.388 e. The van der Waals surface area contributed by atoms with E-state index in [1.165, 1.54) is 0 Å². The van der Waals surface area contributed by atoms with Gasteiger partial charge in [0, 0.05) is 6.54 Å². The van der Waals surface area contributed by atoms with Crippen LogP contribution in [0.25, 0.3) is 5.69 Å². The highest BCUT2D eigenvalue weighted by Gasteiger charge is 2.31. The lowest BCUT2D eigenvalue weighted by Crippen LogP contribution is -2.42. The lowest BCUT2D eigenvalue weighted by atomic mass is 10.0. The number of benzene rings is 1. The summed E-state index contributed by atoms with van der Waals surface area (Å²) in [5.41, 5.74) is 4.06. The number of anilines is 1. The van der Waals surface area contributed by atoms with Crippen molar-refractivity contribution in [1.82, 2.24) is 15.1 Å². The fourth-order valence-corrected chi connectivity index (χ4v) is 3.34. The third kappa shape index (κ3) is 3.85. The minimum atomic E-state index is -0.755. The number of aliphatic hydroxyl groups is 1. The molecule has 6 heteroatoms. The van der Waals surface area contributed by atoms with Gasteiger partial charge in [-0.3, -0.25) is 0 Å². The Bertz CT molecular complexity index is 776. The summed E-state index contributed by atoms with van der Waals surface area (Å²) in [6, 6.07) is 5.89. The van der Waals surface area contributed by atoms with E-state index >= 15 is 0 Å². The number of urea groups is 1. The first-order valence-electron chi connectivity index (χ1n) is 8.77. The number of aryl methyl sites for hydroxylation is 2. The van der Waals surface area contributed by atoms with E-state index in [4.69, 9.17) is 0 Å². The quantitative estimate of drug-likeness (QED) is 0.798. The number of hydrogen-bond donors (Lipinski definition) is 3. The number of amides is 2. The zero-order valence-electron chi connectivity index (χ0n) is 15.1. The summed E-state index contributed by atoms with van der Waals surface area (Å²) in [7, 11) is 0. The van der Waals surface area contributed by atoms with E-state index in [1.807, 2.05) is 25.5 Å². The maximum atomic E-state index is 12.2. The SMILES string of the molecule is Cc1ccc(C)c(-n2ncc(NC(=O)NCC3(O)CCCC3)c2C)c1. The van der Waals surface area contributed by atoms with Gasteiger partial charge < -0.3 is 15.7 Å². The van der Waals surface area contributed by atoms with Crippen LogP contribution in [0.15, 0.2) is 24.4 Å². The molecule has 1 aliphatic rings. The predicted octanol–water partition coefficient (Wildman–Crippen LogP) is 3.22. The van der Waals surface area contributed by atoms with E-state index in [2.05, 4.69) is 33.9 Å². The van der Waals surface area contributed by atoms with Gasteiger partial charge in [0.25, 0.3) is 0 Å². The van der Waals surface area contributed by atoms with Gasteiger partial charge in [-0.1, -0.05) is 25.0 Å². The lowest BCUT2D eigenvalue weighted by Gasteiger charge is -2.22. The molecular formula is C19H26N4O2. The number of rotatable bonds is 4. The molecule has 1 aliphatic carbocycles. The van der Waals surface area contributed by atoms with Crippen molar-refractivity contribution in [3.63, 3.8) is 0 Å². The first-order valence-corrected chi connectivity index (χ1v) is 8.77. The van der Waals surface area contributed by atoms with Gasteiger partial charge in [0.15, 0.2) is 0 Å². The van der Waals surface area contributed by atoms with Gasteiger partial charge >= 0.3 is 6.03 Å². The summed E-state index contributed by atoms with van der Waals surface area (Å²) in [5.74, 6) is 0. The van der Waals surface area contributed by atoms with Crippen LogP contribution < -0.4 is 10.6 Å². The summed E-state index contributed by atoms with van der Waals surface area (Å²) in [6.07, 6.45) is 5.18. The van der Waals surface area contributed by atoms with Crippen molar-refractivity contribution < 1.29 is 9.90 Å². The van der Waals surface area contributed by atoms with Crippen LogP contribution >= 0.6 is 0 Å². The normalized spacial score (nSPS) is 16.0. The molecule has 25 heavy (non-hydrogen) atoms. The zero-order chi connectivity index (χ0) is 18.0. The number of carbonyl (C=O) groups is 1. The Labute approximate surface area is 148 Å². The highest BCUT2D eigenvalue weighted by molar-refractivity contribution is 5.89. The molecule has 3 rings (SSSR count). The van der Waals surface area contributed by atoms with Crippen LogP contribution in [0.4, 0.5) is 10.5 Å². The van der Waals surface area contributed by atoms with Gasteiger partial charge in [-0.2, -0.15) is 5.10 Å². The maximum absolute atomic E-state index is 12.2. The summed E-state index contributed by atoms with van der Waals surface area (Å²) < 4.78 is 1.84. The predicted molar refractivity (Wildman–Crippen MR) is 98.2 cm³/mol. The molecule has 0 aliphatic heterocycles. The molecule has 0 spiro atoms. The maximum Gasteiger partial charge on any atom is 0.319 e. The Morgan fingerprint density at radius 1 is 1.28 bits per heavy atom. The fraction of sp³-hybridized carbons (Fsp3) is 0.474. The number of carbonyl (C=O) groups excluding carboxylic acids is 1. The van der Waals surface area contributed by atoms with Gasteiger partial charge in [-0.05, 0) is 50.8 Å². The second-order valence-electron chi connectivity index (χ2n) is 7.08. The molecule has 0 saturated heterocycles. The van der Waals surface area contributed by atoms with Crippen molar-refractivity contribution in [3.05, 3.63) is 41.2 Å². The smallest absolute Gasteiger partial charge is 0.319 e. The van der Waals surface area contributed by atoms with E-state index in [0.29, 0.717) is 5.69 Å². The van der Waals surface area contributed by atoms with Crippen LogP contribution in [0.3, 0.4) is 0 Å². The first kappa shape index (κ1) is 17.5. The number of nitrogens with zero attached hydrogens (tertiary/aromatic N) is 2. The van der Waals surface area contributed by atoms with Gasteiger partial charge in [0.05, 0.1) is 28.9 Å². The third-order valence-corrected chi connectivity index (χ3v) is 4.96. The molecule has 1 fully saturated rings. The Kier molecular flexibility index (Phi) is 4.81. The molecule has 0 radical (unpaired) electrons. The van der Waals surface area contributed by atoms with Crippen molar-refractivity contribution in [3.8, 4) is 5.69 Å². The van der Waals surface area contributed by atoms with E-state index < -0.39 is 5.60 Å². The lowest BCUT2D eigenvalue weighted by molar-refractivity contribution is 0.0506. The second-order valence-corrected chi connectivity index (χ2v) is 7.08. The van der Waals surface area contributed by atoms with Crippen LogP contribution in [0.2, 0.25) is 0 Å². The molecule has 3 N–H and O–H groups in total. The summed E-state index contributed by atoms with van der Waals surface area (Å²) >= 11 is 0. The largest absolute Gasteiger partial charge is 0.388 e. The average Bonchev–Trinajstić information content (AvgIpc) is 3.16. The molecule has 1 aromatic carbocycles. The summed E-state index contributed by atoms with van der Waals surface area (Å²) in [4.78, 5) is 12.2. The molecule has 0 bridgehead atoms. The highest BCUT2D eigenvalue weighted by Crippen LogP contribution is 2.28. The summed E-state index contributed by atoms with van der Waals surface area (Å²) in [5, 5.41) is 20.3. The Hall–Kier alpha value is -2.34. The van der Waals surface area contributed by atoms with E-state index in [-0.39, 0.29) is 12.6 Å². The van der Waals surface area contributed by atoms with Crippen molar-refractivity contribution in [2.45, 2.75) is 52.1 Å². The zero-order valence-corrected chi connectivity index (χ0v) is 15.1. The molecule has 1 heterocycles. The van der Waals surface area contributed by atoms with E-state index in [9.17, 15) is 9.90 Å². The molecule has 6 nitrogen and oxygen atoms in total. The van der Waals surface area contributed by atoms with Crippen LogP contribution in [-0.2, 0) is 0 Å². The highest BCUT2D eigenvalue weighted by atomic mass is 16.3. The molecular weight excluding hydrogens is 316 g/mol. The number of hydrogen-bond acceptors (Lipinski definition) is 3. The molecule has 2 amide bonds. The molecule has 1 saturated carbocycles. The van der Waals surface area contributed by atoms with Crippen molar-refractivity contribution >= 4 is 11.7 Å². The first-order chi connectivity index (χ1) is 11.9. The minimum absolute atomic E-state index is 0.281. The van der Waals surface area contributed by atoms with Gasteiger partial charge in [0.1, 0.15) is 0 Å². The van der Waals surface area contributed by atoms with Gasteiger partial charge in [-0.15, -0.1) is 0 Å². The van der Waals surface area contributed by atoms with Crippen molar-refractivity contribution in [2.24, 2.45) is 0 Å². The summed E-state index contributed by atoms with van der Waals surface area (Å²) in [6.45, 7) is 6.29. The van der Waals surface area contributed by atoms with Gasteiger partial charge in [-0.25, -0.2) is 9.48 Å². The number of aromatic nitrogens is 2. The molecule has 2 aromatic rings. The van der Waals surface area contributed by atoms with Crippen molar-refractivity contribution in [1.29, 1.82) is 0 Å². The molecule has 0 atom stereocenters. The molecule has 0 unspecified atom stereocenters. The monoisotopic (exact) mass is 342 g/mol. The van der Waals surface area contributed by atoms with Gasteiger partial charge in [0.2, 0.25) is 0 Å². The van der Waals surface area contributed by atoms with Crippen molar-refractivity contribution in [2.75, 3.05) is 11.9 Å². The standard InChI is InChI=1S/C19H26N4O2/c1-13-6-7-14(2)17(10-13)23-15(3)16(11-21-23)22-18(24)20-12-19(25)8-4-5-9-19/h6-7,10-11,25H,4-5,8-9,12H2,1-3H3,(H2,20,22,24).